The van der Waals surface area contributed by atoms with Crippen LogP contribution < -0.4 is 11.5 Å². The Balaban J connectivity index is 1.55. The number of nitrogens with one attached hydrogen (secondary N) is 1. The average molecular weight is 552 g/mol. The smallest absolute Gasteiger partial charge is 0.269 e. The van der Waals surface area contributed by atoms with Crippen LogP contribution in [0.15, 0.2) is 85.1 Å². The third-order valence-corrected chi connectivity index (χ3v) is 7.56. The second-order valence-corrected chi connectivity index (χ2v) is 10.7. The summed E-state index contributed by atoms with van der Waals surface area (Å²) in [5.41, 5.74) is 15.0. The summed E-state index contributed by atoms with van der Waals surface area (Å²) < 4.78 is 2.06. The zero-order chi connectivity index (χ0) is 29.0. The summed E-state index contributed by atoms with van der Waals surface area (Å²) in [6, 6.07) is 24.7. The van der Waals surface area contributed by atoms with Crippen molar-refractivity contribution < 1.29 is 9.72 Å². The summed E-state index contributed by atoms with van der Waals surface area (Å²) in [5, 5.41) is 21.6. The first-order valence-electron chi connectivity index (χ1n) is 13.5. The summed E-state index contributed by atoms with van der Waals surface area (Å²) in [6.45, 7) is 2.05. The molecule has 2 aromatic heterocycles. The lowest BCUT2D eigenvalue weighted by molar-refractivity contribution is -0.384. The Hall–Kier alpha value is -4.83. The fraction of sp³-hybridized carbons (Fsp3) is 0.258. The number of fused-ring (bicyclic) bond motifs is 1. The van der Waals surface area contributed by atoms with Gasteiger partial charge in [-0.15, -0.1) is 10.2 Å². The molecule has 5 aromatic rings. The van der Waals surface area contributed by atoms with Gasteiger partial charge in [0.15, 0.2) is 0 Å². The maximum Gasteiger partial charge on any atom is 0.269 e. The van der Waals surface area contributed by atoms with E-state index in [1.165, 1.54) is 17.7 Å². The number of hydrogen-bond donors (Lipinski definition) is 3. The van der Waals surface area contributed by atoms with E-state index < -0.39 is 16.4 Å². The molecule has 2 atom stereocenters. The van der Waals surface area contributed by atoms with E-state index in [2.05, 4.69) is 37.9 Å². The van der Waals surface area contributed by atoms with Gasteiger partial charge in [-0.05, 0) is 48.9 Å². The van der Waals surface area contributed by atoms with Crippen molar-refractivity contribution in [3.8, 4) is 0 Å². The molecule has 0 saturated heterocycles. The van der Waals surface area contributed by atoms with Gasteiger partial charge in [0.2, 0.25) is 5.91 Å². The van der Waals surface area contributed by atoms with Crippen molar-refractivity contribution in [3.05, 3.63) is 124 Å². The van der Waals surface area contributed by atoms with E-state index in [1.54, 1.807) is 19.1 Å². The largest absolute Gasteiger partial charge is 0.368 e. The van der Waals surface area contributed by atoms with Crippen molar-refractivity contribution >= 4 is 22.5 Å². The SMILES string of the molecule is CC(N)(CC(Cc1c[nH]c2ccccc12)c1nnc(CCc2ccccc2)n1Cc1ccc([N+](=O)[O-])cc1)C(N)=O. The first-order chi connectivity index (χ1) is 19.7. The molecule has 2 heterocycles. The van der Waals surface area contributed by atoms with Gasteiger partial charge in [0, 0.05) is 41.6 Å². The molecule has 10 heteroatoms. The molecule has 5 rings (SSSR count). The molecule has 0 saturated carbocycles. The number of nitrogens with zero attached hydrogens (tertiary/aromatic N) is 4. The van der Waals surface area contributed by atoms with Gasteiger partial charge >= 0.3 is 0 Å². The van der Waals surface area contributed by atoms with Crippen LogP contribution >= 0.6 is 0 Å². The Kier molecular flexibility index (Phi) is 7.93. The molecule has 0 aliphatic rings. The van der Waals surface area contributed by atoms with Crippen molar-refractivity contribution in [2.24, 2.45) is 11.5 Å². The van der Waals surface area contributed by atoms with Crippen LogP contribution in [0.2, 0.25) is 0 Å². The lowest BCUT2D eigenvalue weighted by Crippen LogP contribution is -2.50. The molecule has 210 valence electrons. The number of carbonyl (C=O) groups is 1. The number of benzene rings is 3. The van der Waals surface area contributed by atoms with Crippen molar-refractivity contribution in [1.29, 1.82) is 0 Å². The second-order valence-electron chi connectivity index (χ2n) is 10.7. The first kappa shape index (κ1) is 27.7. The fourth-order valence-corrected chi connectivity index (χ4v) is 5.25. The van der Waals surface area contributed by atoms with Crippen LogP contribution in [0.3, 0.4) is 0 Å². The van der Waals surface area contributed by atoms with Gasteiger partial charge in [0.1, 0.15) is 11.6 Å². The average Bonchev–Trinajstić information content (AvgIpc) is 3.56. The molecule has 0 bridgehead atoms. The highest BCUT2D eigenvalue weighted by Crippen LogP contribution is 2.32. The van der Waals surface area contributed by atoms with Crippen LogP contribution in [0.5, 0.6) is 0 Å². The van der Waals surface area contributed by atoms with Crippen LogP contribution in [-0.2, 0) is 30.6 Å². The maximum absolute atomic E-state index is 12.3. The molecule has 2 unspecified atom stereocenters. The van der Waals surface area contributed by atoms with Crippen LogP contribution in [0.1, 0.15) is 47.6 Å². The fourth-order valence-electron chi connectivity index (χ4n) is 5.25. The second kappa shape index (κ2) is 11.7. The summed E-state index contributed by atoms with van der Waals surface area (Å²) in [4.78, 5) is 26.4. The van der Waals surface area contributed by atoms with Gasteiger partial charge in [0.05, 0.1) is 17.0 Å². The van der Waals surface area contributed by atoms with E-state index >= 15 is 0 Å². The van der Waals surface area contributed by atoms with E-state index in [1.807, 2.05) is 42.6 Å². The van der Waals surface area contributed by atoms with Gasteiger partial charge in [0.25, 0.3) is 5.69 Å². The van der Waals surface area contributed by atoms with E-state index in [0.29, 0.717) is 25.2 Å². The van der Waals surface area contributed by atoms with E-state index in [0.717, 1.165) is 34.3 Å². The molecular weight excluding hydrogens is 518 g/mol. The van der Waals surface area contributed by atoms with Crippen molar-refractivity contribution in [3.63, 3.8) is 0 Å². The van der Waals surface area contributed by atoms with Crippen LogP contribution in [-0.4, -0.2) is 36.1 Å². The predicted molar refractivity (Wildman–Crippen MR) is 157 cm³/mol. The first-order valence-corrected chi connectivity index (χ1v) is 13.5. The number of aryl methyl sites for hydroxylation is 2. The van der Waals surface area contributed by atoms with Gasteiger partial charge < -0.3 is 21.0 Å². The number of amides is 1. The maximum atomic E-state index is 12.3. The molecule has 5 N–H and O–H groups in total. The summed E-state index contributed by atoms with van der Waals surface area (Å²) >= 11 is 0. The Morgan fingerprint density at radius 3 is 2.41 bits per heavy atom. The number of para-hydroxylation sites is 1. The van der Waals surface area contributed by atoms with Crippen LogP contribution in [0, 0.1) is 10.1 Å². The van der Waals surface area contributed by atoms with Gasteiger partial charge in [-0.1, -0.05) is 60.7 Å². The number of aromatic nitrogens is 4. The summed E-state index contributed by atoms with van der Waals surface area (Å²) in [5.74, 6) is 0.596. The number of nitro benzene ring substituents is 1. The highest BCUT2D eigenvalue weighted by Gasteiger charge is 2.34. The minimum absolute atomic E-state index is 0.0274. The molecule has 0 fully saturated rings. The molecule has 41 heavy (non-hydrogen) atoms. The predicted octanol–water partition coefficient (Wildman–Crippen LogP) is 4.42. The Morgan fingerprint density at radius 2 is 1.71 bits per heavy atom. The van der Waals surface area contributed by atoms with Gasteiger partial charge in [-0.2, -0.15) is 0 Å². The minimum atomic E-state index is -1.27. The lowest BCUT2D eigenvalue weighted by atomic mass is 9.84. The number of hydrogen-bond acceptors (Lipinski definition) is 6. The van der Waals surface area contributed by atoms with Crippen molar-refractivity contribution in [2.75, 3.05) is 0 Å². The third kappa shape index (κ3) is 6.33. The highest BCUT2D eigenvalue weighted by atomic mass is 16.6. The van der Waals surface area contributed by atoms with Gasteiger partial charge in [-0.25, -0.2) is 0 Å². The standard InChI is InChI=1S/C31H33N7O3/c1-31(33,30(32)39)18-23(17-24-19-34-27-10-6-5-9-26(24)27)29-36-35-28(16-13-21-7-3-2-4-8-21)37(29)20-22-11-14-25(15-12-22)38(40)41/h2-12,14-15,19,23,34H,13,16-18,20,33H2,1H3,(H2,32,39). The number of H-pyrrole nitrogens is 1. The van der Waals surface area contributed by atoms with Crippen molar-refractivity contribution in [2.45, 2.75) is 50.6 Å². The molecule has 0 radical (unpaired) electrons. The number of non-ortho nitro benzene ring substituents is 1. The van der Waals surface area contributed by atoms with Crippen molar-refractivity contribution in [1.82, 2.24) is 19.7 Å². The molecule has 10 nitrogen and oxygen atoms in total. The summed E-state index contributed by atoms with van der Waals surface area (Å²) in [7, 11) is 0. The van der Waals surface area contributed by atoms with E-state index in [-0.39, 0.29) is 18.0 Å². The normalized spacial score (nSPS) is 13.6. The summed E-state index contributed by atoms with van der Waals surface area (Å²) in [6.07, 6.45) is 4.20. The molecule has 0 aliphatic heterocycles. The molecule has 0 spiro atoms. The quantitative estimate of drug-likeness (QED) is 0.154. The number of nitro groups is 1. The zero-order valence-electron chi connectivity index (χ0n) is 22.9. The highest BCUT2D eigenvalue weighted by molar-refractivity contribution is 5.84. The Bertz CT molecular complexity index is 1660. The third-order valence-electron chi connectivity index (χ3n) is 7.56. The van der Waals surface area contributed by atoms with Crippen LogP contribution in [0.4, 0.5) is 5.69 Å². The number of nitrogens with two attached hydrogens (primary N) is 2. The number of primary amides is 1. The topological polar surface area (TPSA) is 159 Å². The number of carbonyl (C=O) groups excluding carboxylic acids is 1. The van der Waals surface area contributed by atoms with E-state index in [9.17, 15) is 14.9 Å². The molecule has 0 aliphatic carbocycles. The monoisotopic (exact) mass is 551 g/mol. The molecule has 3 aromatic carbocycles. The molecular formula is C31H33N7O3. The molecule has 1 amide bonds. The lowest BCUT2D eigenvalue weighted by Gasteiger charge is -2.27. The van der Waals surface area contributed by atoms with Crippen LogP contribution in [0.25, 0.3) is 10.9 Å². The Morgan fingerprint density at radius 1 is 1.00 bits per heavy atom. The Labute approximate surface area is 237 Å². The number of aromatic amines is 1. The minimum Gasteiger partial charge on any atom is -0.368 e. The van der Waals surface area contributed by atoms with E-state index in [4.69, 9.17) is 11.5 Å². The van der Waals surface area contributed by atoms with Gasteiger partial charge in [-0.3, -0.25) is 14.9 Å². The zero-order valence-corrected chi connectivity index (χ0v) is 22.9. The number of rotatable bonds is 12.